The van der Waals surface area contributed by atoms with Gasteiger partial charge in [-0.3, -0.25) is 4.90 Å². The number of benzene rings is 1. The van der Waals surface area contributed by atoms with Crippen LogP contribution in [0.2, 0.25) is 0 Å². The van der Waals surface area contributed by atoms with Gasteiger partial charge in [0.15, 0.2) is 0 Å². The second-order valence-electron chi connectivity index (χ2n) is 6.33. The molecule has 2 heteroatoms. The molecule has 1 aromatic rings. The highest BCUT2D eigenvalue weighted by Gasteiger charge is 2.32. The molecule has 0 amide bonds. The fourth-order valence-corrected chi connectivity index (χ4v) is 3.08. The summed E-state index contributed by atoms with van der Waals surface area (Å²) in [6.07, 6.45) is 2.58. The Morgan fingerprint density at radius 1 is 1.33 bits per heavy atom. The van der Waals surface area contributed by atoms with Gasteiger partial charge in [0, 0.05) is 18.1 Å². The molecule has 1 aromatic carbocycles. The van der Waals surface area contributed by atoms with Crippen LogP contribution in [-0.4, -0.2) is 23.5 Å². The fraction of sp³-hybridized carbons (Fsp3) is 0.625. The first-order chi connectivity index (χ1) is 8.40. The molecule has 1 fully saturated rings. The van der Waals surface area contributed by atoms with Gasteiger partial charge in [-0.05, 0) is 58.2 Å². The average molecular weight is 246 g/mol. The van der Waals surface area contributed by atoms with E-state index in [0.717, 1.165) is 6.54 Å². The molecular weight excluding hydrogens is 220 g/mol. The van der Waals surface area contributed by atoms with Crippen molar-refractivity contribution in [2.45, 2.75) is 52.1 Å². The Balaban J connectivity index is 2.10. The Kier molecular flexibility index (Phi) is 3.79. The molecule has 0 aliphatic carbocycles. The molecule has 2 rings (SSSR count). The quantitative estimate of drug-likeness (QED) is 0.887. The van der Waals surface area contributed by atoms with Crippen molar-refractivity contribution in [2.24, 2.45) is 5.73 Å². The van der Waals surface area contributed by atoms with Crippen LogP contribution in [0, 0.1) is 13.8 Å². The topological polar surface area (TPSA) is 29.3 Å². The molecule has 1 aliphatic heterocycles. The van der Waals surface area contributed by atoms with Gasteiger partial charge < -0.3 is 5.73 Å². The lowest BCUT2D eigenvalue weighted by Crippen LogP contribution is -2.42. The summed E-state index contributed by atoms with van der Waals surface area (Å²) in [7, 11) is 0. The van der Waals surface area contributed by atoms with Crippen molar-refractivity contribution >= 4 is 0 Å². The van der Waals surface area contributed by atoms with Crippen molar-refractivity contribution < 1.29 is 0 Å². The molecular formula is C16H26N2. The van der Waals surface area contributed by atoms with E-state index in [1.165, 1.54) is 36.1 Å². The zero-order valence-corrected chi connectivity index (χ0v) is 12.2. The van der Waals surface area contributed by atoms with Crippen molar-refractivity contribution in [1.82, 2.24) is 4.90 Å². The van der Waals surface area contributed by atoms with Gasteiger partial charge >= 0.3 is 0 Å². The highest BCUT2D eigenvalue weighted by molar-refractivity contribution is 5.32. The smallest absolute Gasteiger partial charge is 0.0427 e. The molecule has 0 aromatic heterocycles. The zero-order chi connectivity index (χ0) is 13.3. The first kappa shape index (κ1) is 13.6. The molecule has 0 spiro atoms. The minimum Gasteiger partial charge on any atom is -0.323 e. The van der Waals surface area contributed by atoms with E-state index in [2.05, 4.69) is 50.8 Å². The Bertz CT molecular complexity index is 423. The fourth-order valence-electron chi connectivity index (χ4n) is 3.08. The second kappa shape index (κ2) is 5.02. The maximum atomic E-state index is 6.41. The number of hydrogen-bond donors (Lipinski definition) is 1. The molecule has 2 N–H and O–H groups in total. The van der Waals surface area contributed by atoms with E-state index in [0.29, 0.717) is 5.54 Å². The lowest BCUT2D eigenvalue weighted by Gasteiger charge is -2.34. The number of aryl methyl sites for hydroxylation is 2. The lowest BCUT2D eigenvalue weighted by atomic mass is 9.97. The Morgan fingerprint density at radius 2 is 2.06 bits per heavy atom. The molecule has 1 heterocycles. The highest BCUT2D eigenvalue weighted by atomic mass is 15.2. The molecule has 18 heavy (non-hydrogen) atoms. The zero-order valence-electron chi connectivity index (χ0n) is 12.2. The third kappa shape index (κ3) is 2.76. The summed E-state index contributed by atoms with van der Waals surface area (Å²) >= 11 is 0. The molecule has 2 nitrogen and oxygen atoms in total. The van der Waals surface area contributed by atoms with Crippen LogP contribution in [0.25, 0.3) is 0 Å². The predicted molar refractivity (Wildman–Crippen MR) is 77.7 cm³/mol. The van der Waals surface area contributed by atoms with Crippen molar-refractivity contribution in [3.8, 4) is 0 Å². The van der Waals surface area contributed by atoms with Crippen molar-refractivity contribution in [2.75, 3.05) is 13.1 Å². The van der Waals surface area contributed by atoms with Crippen LogP contribution in [0.3, 0.4) is 0 Å². The maximum absolute atomic E-state index is 6.41. The van der Waals surface area contributed by atoms with Crippen molar-refractivity contribution in [3.05, 3.63) is 34.9 Å². The Hall–Kier alpha value is -0.860. The monoisotopic (exact) mass is 246 g/mol. The predicted octanol–water partition coefficient (Wildman–Crippen LogP) is 3.18. The molecule has 0 radical (unpaired) electrons. The van der Waals surface area contributed by atoms with Gasteiger partial charge in [-0.15, -0.1) is 0 Å². The van der Waals surface area contributed by atoms with E-state index in [9.17, 15) is 0 Å². The van der Waals surface area contributed by atoms with E-state index >= 15 is 0 Å². The largest absolute Gasteiger partial charge is 0.323 e. The second-order valence-corrected chi connectivity index (χ2v) is 6.33. The number of nitrogens with zero attached hydrogens (tertiary/aromatic N) is 1. The summed E-state index contributed by atoms with van der Waals surface area (Å²) in [5.74, 6) is 0. The molecule has 1 aliphatic rings. The normalized spacial score (nSPS) is 21.2. The minimum absolute atomic E-state index is 0.128. The molecule has 1 saturated heterocycles. The number of nitrogens with two attached hydrogens (primary N) is 1. The SMILES string of the molecule is Cc1ccc(C(N)CN2CCCC2(C)C)c(C)c1. The van der Waals surface area contributed by atoms with E-state index < -0.39 is 0 Å². The van der Waals surface area contributed by atoms with Crippen LogP contribution in [0.5, 0.6) is 0 Å². The van der Waals surface area contributed by atoms with Gasteiger partial charge in [0.25, 0.3) is 0 Å². The van der Waals surface area contributed by atoms with Crippen LogP contribution in [-0.2, 0) is 0 Å². The van der Waals surface area contributed by atoms with Gasteiger partial charge in [-0.1, -0.05) is 23.8 Å². The molecule has 1 unspecified atom stereocenters. The number of hydrogen-bond acceptors (Lipinski definition) is 2. The maximum Gasteiger partial charge on any atom is 0.0427 e. The van der Waals surface area contributed by atoms with Crippen molar-refractivity contribution in [1.29, 1.82) is 0 Å². The summed E-state index contributed by atoms with van der Waals surface area (Å²) in [4.78, 5) is 2.54. The van der Waals surface area contributed by atoms with Gasteiger partial charge in [0.2, 0.25) is 0 Å². The summed E-state index contributed by atoms with van der Waals surface area (Å²) < 4.78 is 0. The number of rotatable bonds is 3. The first-order valence-corrected chi connectivity index (χ1v) is 6.98. The van der Waals surface area contributed by atoms with Gasteiger partial charge in [0.05, 0.1) is 0 Å². The van der Waals surface area contributed by atoms with E-state index in [4.69, 9.17) is 5.73 Å². The Morgan fingerprint density at radius 3 is 2.61 bits per heavy atom. The highest BCUT2D eigenvalue weighted by Crippen LogP contribution is 2.30. The molecule has 0 saturated carbocycles. The van der Waals surface area contributed by atoms with Crippen LogP contribution in [0.1, 0.15) is 49.4 Å². The van der Waals surface area contributed by atoms with Gasteiger partial charge in [0.1, 0.15) is 0 Å². The van der Waals surface area contributed by atoms with Crippen LogP contribution < -0.4 is 5.73 Å². The minimum atomic E-state index is 0.128. The summed E-state index contributed by atoms with van der Waals surface area (Å²) in [5, 5.41) is 0. The van der Waals surface area contributed by atoms with Crippen LogP contribution in [0.4, 0.5) is 0 Å². The van der Waals surface area contributed by atoms with Gasteiger partial charge in [-0.2, -0.15) is 0 Å². The third-order valence-electron chi connectivity index (χ3n) is 4.31. The summed E-state index contributed by atoms with van der Waals surface area (Å²) in [5.41, 5.74) is 10.6. The lowest BCUT2D eigenvalue weighted by molar-refractivity contribution is 0.165. The van der Waals surface area contributed by atoms with Crippen LogP contribution in [0.15, 0.2) is 18.2 Å². The van der Waals surface area contributed by atoms with Crippen molar-refractivity contribution in [3.63, 3.8) is 0 Å². The van der Waals surface area contributed by atoms with Gasteiger partial charge in [-0.25, -0.2) is 0 Å². The first-order valence-electron chi connectivity index (χ1n) is 6.98. The number of likely N-dealkylation sites (tertiary alicyclic amines) is 1. The average Bonchev–Trinajstić information content (AvgIpc) is 2.58. The Labute approximate surface area is 111 Å². The molecule has 1 atom stereocenters. The summed E-state index contributed by atoms with van der Waals surface area (Å²) in [6, 6.07) is 6.71. The van der Waals surface area contributed by atoms with E-state index in [1.54, 1.807) is 0 Å². The van der Waals surface area contributed by atoms with E-state index in [1.807, 2.05) is 0 Å². The van der Waals surface area contributed by atoms with E-state index in [-0.39, 0.29) is 6.04 Å². The summed E-state index contributed by atoms with van der Waals surface area (Å²) in [6.45, 7) is 11.1. The molecule has 100 valence electrons. The standard InChI is InChI=1S/C16H26N2/c1-12-6-7-14(13(2)10-12)15(17)11-18-9-5-8-16(18,3)4/h6-7,10,15H,5,8-9,11,17H2,1-4H3. The third-order valence-corrected chi connectivity index (χ3v) is 4.31. The van der Waals surface area contributed by atoms with Crippen LogP contribution >= 0.6 is 0 Å². The molecule has 0 bridgehead atoms.